The summed E-state index contributed by atoms with van der Waals surface area (Å²) < 4.78 is 1.81. The Kier molecular flexibility index (Phi) is 3.38. The van der Waals surface area contributed by atoms with Crippen molar-refractivity contribution in [2.45, 2.75) is 13.8 Å². The van der Waals surface area contributed by atoms with Gasteiger partial charge in [0.05, 0.1) is 17.9 Å². The standard InChI is InChI=1S/C20H18N4/c1-13-8-18-19(10-21-11-20(18)23-14(13)2)16-6-4-15(5-7-16)17-9-22-24(3)12-17/h4-12H,1-3H3. The van der Waals surface area contributed by atoms with Crippen LogP contribution in [-0.4, -0.2) is 19.7 Å². The van der Waals surface area contributed by atoms with Crippen LogP contribution in [0.4, 0.5) is 0 Å². The second-order valence-electron chi connectivity index (χ2n) is 6.12. The van der Waals surface area contributed by atoms with Crippen LogP contribution in [0.2, 0.25) is 0 Å². The van der Waals surface area contributed by atoms with Gasteiger partial charge in [0.1, 0.15) is 0 Å². The quantitative estimate of drug-likeness (QED) is 0.553. The minimum Gasteiger partial charge on any atom is -0.275 e. The molecule has 4 aromatic rings. The van der Waals surface area contributed by atoms with Crippen LogP contribution in [0.25, 0.3) is 33.2 Å². The summed E-state index contributed by atoms with van der Waals surface area (Å²) >= 11 is 0. The van der Waals surface area contributed by atoms with Gasteiger partial charge in [-0.25, -0.2) is 0 Å². The molecule has 3 aromatic heterocycles. The number of fused-ring (bicyclic) bond motifs is 1. The highest BCUT2D eigenvalue weighted by Crippen LogP contribution is 2.30. The lowest BCUT2D eigenvalue weighted by Gasteiger charge is -2.09. The molecule has 0 bridgehead atoms. The Morgan fingerprint density at radius 3 is 2.33 bits per heavy atom. The predicted molar refractivity (Wildman–Crippen MR) is 96.7 cm³/mol. The Hall–Kier alpha value is -3.01. The molecule has 0 aliphatic heterocycles. The Bertz CT molecular complexity index is 1030. The fourth-order valence-corrected chi connectivity index (χ4v) is 2.93. The van der Waals surface area contributed by atoms with Crippen molar-refractivity contribution < 1.29 is 0 Å². The van der Waals surface area contributed by atoms with Crippen LogP contribution in [0.3, 0.4) is 0 Å². The monoisotopic (exact) mass is 314 g/mol. The van der Waals surface area contributed by atoms with E-state index in [0.29, 0.717) is 0 Å². The number of aromatic nitrogens is 4. The molecule has 0 amide bonds. The predicted octanol–water partition coefficient (Wildman–Crippen LogP) is 4.31. The van der Waals surface area contributed by atoms with Crippen LogP contribution >= 0.6 is 0 Å². The molecule has 1 aromatic carbocycles. The van der Waals surface area contributed by atoms with Gasteiger partial charge in [-0.3, -0.25) is 14.6 Å². The highest BCUT2D eigenvalue weighted by atomic mass is 15.2. The van der Waals surface area contributed by atoms with Crippen molar-refractivity contribution >= 4 is 10.9 Å². The number of benzene rings is 1. The van der Waals surface area contributed by atoms with Gasteiger partial charge in [0.25, 0.3) is 0 Å². The van der Waals surface area contributed by atoms with Crippen LogP contribution in [0.15, 0.2) is 55.1 Å². The third kappa shape index (κ3) is 2.46. The number of aryl methyl sites for hydroxylation is 3. The van der Waals surface area contributed by atoms with Crippen molar-refractivity contribution in [3.8, 4) is 22.3 Å². The fraction of sp³-hybridized carbons (Fsp3) is 0.150. The van der Waals surface area contributed by atoms with Crippen LogP contribution < -0.4 is 0 Å². The minimum atomic E-state index is 0.937. The van der Waals surface area contributed by atoms with E-state index in [-0.39, 0.29) is 0 Å². The lowest BCUT2D eigenvalue weighted by molar-refractivity contribution is 0.768. The highest BCUT2D eigenvalue weighted by Gasteiger charge is 2.08. The van der Waals surface area contributed by atoms with Crippen molar-refractivity contribution in [1.29, 1.82) is 0 Å². The average Bonchev–Trinajstić information content (AvgIpc) is 3.02. The molecule has 4 heteroatoms. The summed E-state index contributed by atoms with van der Waals surface area (Å²) in [6, 6.07) is 10.7. The van der Waals surface area contributed by atoms with Gasteiger partial charge < -0.3 is 0 Å². The zero-order valence-electron chi connectivity index (χ0n) is 14.0. The van der Waals surface area contributed by atoms with Crippen LogP contribution in [0, 0.1) is 13.8 Å². The van der Waals surface area contributed by atoms with E-state index in [2.05, 4.69) is 52.3 Å². The van der Waals surface area contributed by atoms with Crippen LogP contribution in [-0.2, 0) is 7.05 Å². The summed E-state index contributed by atoms with van der Waals surface area (Å²) in [7, 11) is 1.93. The summed E-state index contributed by atoms with van der Waals surface area (Å²) in [6.45, 7) is 4.13. The molecular weight excluding hydrogens is 296 g/mol. The SMILES string of the molecule is Cc1cc2c(-c3ccc(-c4cnn(C)c4)cc3)cncc2nc1C. The lowest BCUT2D eigenvalue weighted by Crippen LogP contribution is -1.92. The maximum absolute atomic E-state index is 4.66. The number of rotatable bonds is 2. The smallest absolute Gasteiger partial charge is 0.0894 e. The molecule has 24 heavy (non-hydrogen) atoms. The summed E-state index contributed by atoms with van der Waals surface area (Å²) in [6.07, 6.45) is 7.64. The van der Waals surface area contributed by atoms with Gasteiger partial charge in [-0.05, 0) is 36.6 Å². The first kappa shape index (κ1) is 14.6. The van der Waals surface area contributed by atoms with Crippen molar-refractivity contribution in [2.24, 2.45) is 7.05 Å². The first-order valence-corrected chi connectivity index (χ1v) is 7.93. The first-order valence-electron chi connectivity index (χ1n) is 7.93. The fourth-order valence-electron chi connectivity index (χ4n) is 2.93. The normalized spacial score (nSPS) is 11.1. The molecule has 0 radical (unpaired) electrons. The molecule has 4 nitrogen and oxygen atoms in total. The molecule has 0 saturated carbocycles. The van der Waals surface area contributed by atoms with E-state index < -0.39 is 0 Å². The molecule has 0 N–H and O–H groups in total. The molecule has 0 saturated heterocycles. The third-order valence-electron chi connectivity index (χ3n) is 4.42. The zero-order chi connectivity index (χ0) is 16.7. The number of nitrogens with zero attached hydrogens (tertiary/aromatic N) is 4. The van der Waals surface area contributed by atoms with Crippen LogP contribution in [0.5, 0.6) is 0 Å². The Morgan fingerprint density at radius 1 is 0.875 bits per heavy atom. The van der Waals surface area contributed by atoms with Crippen molar-refractivity contribution in [2.75, 3.05) is 0 Å². The summed E-state index contributed by atoms with van der Waals surface area (Å²) in [4.78, 5) is 9.02. The van der Waals surface area contributed by atoms with E-state index >= 15 is 0 Å². The Labute approximate surface area is 140 Å². The molecular formula is C20H18N4. The van der Waals surface area contributed by atoms with E-state index in [4.69, 9.17) is 0 Å². The average molecular weight is 314 g/mol. The van der Waals surface area contributed by atoms with Gasteiger partial charge in [-0.15, -0.1) is 0 Å². The third-order valence-corrected chi connectivity index (χ3v) is 4.42. The summed E-state index contributed by atoms with van der Waals surface area (Å²) in [5, 5.41) is 5.37. The van der Waals surface area contributed by atoms with Gasteiger partial charge >= 0.3 is 0 Å². The van der Waals surface area contributed by atoms with Gasteiger partial charge in [0.2, 0.25) is 0 Å². The lowest BCUT2D eigenvalue weighted by atomic mass is 9.99. The van der Waals surface area contributed by atoms with Gasteiger partial charge in [0, 0.05) is 41.6 Å². The number of hydrogen-bond acceptors (Lipinski definition) is 3. The largest absolute Gasteiger partial charge is 0.275 e. The zero-order valence-corrected chi connectivity index (χ0v) is 14.0. The Morgan fingerprint density at radius 2 is 1.62 bits per heavy atom. The van der Waals surface area contributed by atoms with Gasteiger partial charge in [0.15, 0.2) is 0 Å². The van der Waals surface area contributed by atoms with E-state index in [9.17, 15) is 0 Å². The number of hydrogen-bond donors (Lipinski definition) is 0. The van der Waals surface area contributed by atoms with E-state index in [0.717, 1.165) is 38.9 Å². The molecule has 0 aliphatic rings. The van der Waals surface area contributed by atoms with E-state index in [1.807, 2.05) is 43.4 Å². The van der Waals surface area contributed by atoms with Crippen molar-refractivity contribution in [3.63, 3.8) is 0 Å². The molecule has 0 spiro atoms. The minimum absolute atomic E-state index is 0.937. The Balaban J connectivity index is 1.81. The molecule has 0 unspecified atom stereocenters. The van der Waals surface area contributed by atoms with Crippen molar-refractivity contribution in [1.82, 2.24) is 19.7 Å². The molecule has 0 atom stereocenters. The summed E-state index contributed by atoms with van der Waals surface area (Å²) in [5.41, 5.74) is 7.72. The topological polar surface area (TPSA) is 43.6 Å². The highest BCUT2D eigenvalue weighted by molar-refractivity contribution is 5.94. The maximum Gasteiger partial charge on any atom is 0.0894 e. The van der Waals surface area contributed by atoms with Gasteiger partial charge in [-0.1, -0.05) is 24.3 Å². The second kappa shape index (κ2) is 5.57. The molecule has 3 heterocycles. The maximum atomic E-state index is 4.66. The van der Waals surface area contributed by atoms with E-state index in [1.54, 1.807) is 0 Å². The van der Waals surface area contributed by atoms with Gasteiger partial charge in [-0.2, -0.15) is 5.10 Å². The van der Waals surface area contributed by atoms with E-state index in [1.165, 1.54) is 5.56 Å². The number of pyridine rings is 2. The first-order chi connectivity index (χ1) is 11.6. The molecule has 4 rings (SSSR count). The summed E-state index contributed by atoms with van der Waals surface area (Å²) in [5.74, 6) is 0. The second-order valence-corrected chi connectivity index (χ2v) is 6.12. The van der Waals surface area contributed by atoms with Crippen molar-refractivity contribution in [3.05, 3.63) is 66.4 Å². The molecule has 118 valence electrons. The molecule has 0 aliphatic carbocycles. The molecule has 0 fully saturated rings. The van der Waals surface area contributed by atoms with Crippen LogP contribution in [0.1, 0.15) is 11.3 Å².